The van der Waals surface area contributed by atoms with Gasteiger partial charge in [0.2, 0.25) is 15.9 Å². The number of aliphatic hydroxyl groups is 2. The van der Waals surface area contributed by atoms with Crippen LogP contribution in [0.2, 0.25) is 0 Å². The Labute approximate surface area is 312 Å². The van der Waals surface area contributed by atoms with Gasteiger partial charge in [-0.25, -0.2) is 13.1 Å². The Hall–Kier alpha value is -4.01. The van der Waals surface area contributed by atoms with E-state index < -0.39 is 40.1 Å². The molecule has 1 saturated heterocycles. The van der Waals surface area contributed by atoms with E-state index in [-0.39, 0.29) is 41.8 Å². The van der Waals surface area contributed by atoms with Gasteiger partial charge < -0.3 is 25.6 Å². The van der Waals surface area contributed by atoms with Gasteiger partial charge in [-0.05, 0) is 72.3 Å². The molecular formula is C40H52N4O8S. The number of hydrogen-bond acceptors (Lipinski definition) is 10. The number of sulfonamides is 1. The highest BCUT2D eigenvalue weighted by molar-refractivity contribution is 7.89. The summed E-state index contributed by atoms with van der Waals surface area (Å²) in [5.74, 6) is -0.243. The lowest BCUT2D eigenvalue weighted by Crippen LogP contribution is -2.62. The molecule has 3 aromatic carbocycles. The van der Waals surface area contributed by atoms with Crippen LogP contribution >= 0.6 is 0 Å². The third kappa shape index (κ3) is 7.81. The molecule has 0 unspecified atom stereocenters. The number of ether oxygens (including phenoxy) is 1. The van der Waals surface area contributed by atoms with Crippen LogP contribution in [0.4, 0.5) is 5.69 Å². The van der Waals surface area contributed by atoms with E-state index in [1.165, 1.54) is 18.6 Å². The predicted octanol–water partition coefficient (Wildman–Crippen LogP) is 4.32. The lowest BCUT2D eigenvalue weighted by molar-refractivity contribution is -0.183. The van der Waals surface area contributed by atoms with Crippen molar-refractivity contribution in [2.45, 2.75) is 77.1 Å². The summed E-state index contributed by atoms with van der Waals surface area (Å²) < 4.78 is 34.0. The third-order valence-corrected chi connectivity index (χ3v) is 13.1. The molecule has 4 aliphatic rings. The first-order valence-corrected chi connectivity index (χ1v) is 19.9. The highest BCUT2D eigenvalue weighted by atomic mass is 32.2. The number of fused-ring (bicyclic) bond motifs is 2. The maximum Gasteiger partial charge on any atom is 0.264 e. The number of benzene rings is 3. The van der Waals surface area contributed by atoms with Gasteiger partial charge in [-0.1, -0.05) is 69.3 Å². The predicted molar refractivity (Wildman–Crippen MR) is 202 cm³/mol. The number of methoxy groups -OCH3 is 1. The molecule has 53 heavy (non-hydrogen) atoms. The Morgan fingerprint density at radius 1 is 1.08 bits per heavy atom. The zero-order valence-corrected chi connectivity index (χ0v) is 32.0. The summed E-state index contributed by atoms with van der Waals surface area (Å²) in [7, 11) is -0.771. The molecule has 2 bridgehead atoms. The molecule has 7 rings (SSSR count). The number of para-hydroxylation sites is 1. The van der Waals surface area contributed by atoms with Crippen LogP contribution in [0.25, 0.3) is 11.1 Å². The second kappa shape index (κ2) is 15.4. The summed E-state index contributed by atoms with van der Waals surface area (Å²) in [5, 5.41) is 29.1. The van der Waals surface area contributed by atoms with Crippen molar-refractivity contribution in [2.24, 2.45) is 29.1 Å². The topological polar surface area (TPSA) is 167 Å². The first-order chi connectivity index (χ1) is 25.2. The number of carbonyl (C=O) groups is 2. The number of hydrogen-bond donors (Lipinski definition) is 5. The van der Waals surface area contributed by atoms with Crippen LogP contribution < -0.4 is 20.1 Å². The molecule has 8 atom stereocenters. The molecule has 0 radical (unpaired) electrons. The number of amides is 2. The fraction of sp³-hybridized carbons (Fsp3) is 0.500. The molecule has 3 aromatic rings. The second-order valence-corrected chi connectivity index (χ2v) is 17.2. The normalized spacial score (nSPS) is 27.0. The van der Waals surface area contributed by atoms with Crippen molar-refractivity contribution in [1.29, 1.82) is 0 Å². The van der Waals surface area contributed by atoms with E-state index in [4.69, 9.17) is 9.57 Å². The molecule has 2 amide bonds. The lowest BCUT2D eigenvalue weighted by Gasteiger charge is -2.62. The molecule has 3 saturated carbocycles. The van der Waals surface area contributed by atoms with Gasteiger partial charge in [0.1, 0.15) is 17.9 Å². The number of aliphatic hydroxyl groups excluding tert-OH is 2. The summed E-state index contributed by atoms with van der Waals surface area (Å²) in [6.07, 6.45) is 0.326. The molecular weight excluding hydrogens is 697 g/mol. The summed E-state index contributed by atoms with van der Waals surface area (Å²) in [4.78, 5) is 33.8. The van der Waals surface area contributed by atoms with Crippen LogP contribution in [-0.2, 0) is 32.0 Å². The van der Waals surface area contributed by atoms with Gasteiger partial charge in [-0.3, -0.25) is 14.4 Å². The number of nitrogens with zero attached hydrogens (tertiary/aromatic N) is 1. The Bertz CT molecular complexity index is 1920. The number of rotatable bonds is 13. The smallest absolute Gasteiger partial charge is 0.264 e. The van der Waals surface area contributed by atoms with Gasteiger partial charge in [-0.2, -0.15) is 5.06 Å². The fourth-order valence-corrected chi connectivity index (χ4v) is 10.0. The van der Waals surface area contributed by atoms with Crippen LogP contribution in [-0.4, -0.2) is 80.6 Å². The van der Waals surface area contributed by atoms with E-state index in [0.717, 1.165) is 6.42 Å². The van der Waals surface area contributed by atoms with Crippen molar-refractivity contribution >= 4 is 27.5 Å². The maximum absolute atomic E-state index is 14.2. The molecule has 3 aliphatic carbocycles. The molecule has 4 fully saturated rings. The number of carbonyl (C=O) groups excluding carboxylic acids is 2. The molecule has 13 heteroatoms. The van der Waals surface area contributed by atoms with Crippen LogP contribution in [0, 0.1) is 29.1 Å². The van der Waals surface area contributed by atoms with Crippen LogP contribution in [0.1, 0.15) is 62.0 Å². The average molecular weight is 749 g/mol. The van der Waals surface area contributed by atoms with Crippen molar-refractivity contribution in [1.82, 2.24) is 15.1 Å². The van der Waals surface area contributed by atoms with E-state index in [1.54, 1.807) is 56.4 Å². The largest absolute Gasteiger partial charge is 0.496 e. The minimum Gasteiger partial charge on any atom is -0.496 e. The van der Waals surface area contributed by atoms with Crippen molar-refractivity contribution in [3.05, 3.63) is 83.4 Å². The molecule has 1 heterocycles. The van der Waals surface area contributed by atoms with Crippen molar-refractivity contribution in [3.8, 4) is 16.9 Å². The van der Waals surface area contributed by atoms with Gasteiger partial charge in [0.05, 0.1) is 32.1 Å². The Balaban J connectivity index is 1.27. The monoisotopic (exact) mass is 748 g/mol. The summed E-state index contributed by atoms with van der Waals surface area (Å²) in [6.45, 7) is 8.14. The van der Waals surface area contributed by atoms with E-state index in [9.17, 15) is 28.2 Å². The van der Waals surface area contributed by atoms with Gasteiger partial charge in [-0.15, -0.1) is 0 Å². The fourth-order valence-electron chi connectivity index (χ4n) is 8.92. The minimum atomic E-state index is -3.99. The van der Waals surface area contributed by atoms with Gasteiger partial charge >= 0.3 is 0 Å². The van der Waals surface area contributed by atoms with Crippen molar-refractivity contribution in [2.75, 3.05) is 26.1 Å². The quantitative estimate of drug-likeness (QED) is 0.170. The van der Waals surface area contributed by atoms with Crippen molar-refractivity contribution < 1.29 is 37.8 Å². The van der Waals surface area contributed by atoms with Gasteiger partial charge in [0.15, 0.2) is 0 Å². The summed E-state index contributed by atoms with van der Waals surface area (Å²) >= 11 is 0. The van der Waals surface area contributed by atoms with E-state index in [1.807, 2.05) is 24.3 Å². The molecule has 12 nitrogen and oxygen atoms in total. The molecule has 0 spiro atoms. The molecule has 1 aliphatic heterocycles. The van der Waals surface area contributed by atoms with E-state index >= 15 is 0 Å². The average Bonchev–Trinajstić information content (AvgIpc) is 3.50. The first-order valence-electron chi connectivity index (χ1n) is 18.3. The van der Waals surface area contributed by atoms with E-state index in [2.05, 4.69) is 36.1 Å². The molecule has 286 valence electrons. The number of nitrogens with one attached hydrogen (secondary N) is 3. The zero-order valence-electron chi connectivity index (χ0n) is 31.2. The Morgan fingerprint density at radius 2 is 1.81 bits per heavy atom. The lowest BCUT2D eigenvalue weighted by atomic mass is 9.45. The van der Waals surface area contributed by atoms with Crippen LogP contribution in [0.5, 0.6) is 5.75 Å². The highest BCUT2D eigenvalue weighted by Gasteiger charge is 2.57. The zero-order chi connectivity index (χ0) is 38.2. The number of anilines is 1. The molecule has 0 aromatic heterocycles. The van der Waals surface area contributed by atoms with Gasteiger partial charge in [0.25, 0.3) is 5.91 Å². The van der Waals surface area contributed by atoms with Crippen molar-refractivity contribution in [3.63, 3.8) is 0 Å². The van der Waals surface area contributed by atoms with E-state index in [0.29, 0.717) is 51.4 Å². The van der Waals surface area contributed by atoms with Crippen LogP contribution in [0.15, 0.2) is 66.7 Å². The minimum absolute atomic E-state index is 0.000915. The summed E-state index contributed by atoms with van der Waals surface area (Å²) in [6, 6.07) is 18.2. The SMILES string of the molecule is CNc1cc(C(=O)NS(=O)(=O)Cc2ccccc2)cc(-c2cccc(CN3O[C@@H](CO)[C@@H]([C@H](C)O)[C@H]3C(=O)N[C@H]3C[C@H]4C[C@@H]([C@@H]3C)C4(C)C)c2OC)c1. The van der Waals surface area contributed by atoms with Crippen LogP contribution in [0.3, 0.4) is 0 Å². The highest BCUT2D eigenvalue weighted by Crippen LogP contribution is 2.61. The first kappa shape index (κ1) is 38.7. The standard InChI is InChI=1S/C40H52N4O8S/c1-23-32-18-29(40(32,3)4)19-33(23)42-39(48)36-35(24(2)46)34(21-45)52-44(36)20-26-13-10-14-31(37(26)51-6)27-15-28(17-30(16-27)41-5)38(47)43-53(49,50)22-25-11-8-7-9-12-25/h7-17,23-24,29,32-36,41,45-46H,18-22H2,1-6H3,(H,42,48)(H,43,47)/t23-,24-,29+,32-,33-,34-,35+,36-/m0/s1. The molecule has 5 N–H and O–H groups in total. The Morgan fingerprint density at radius 3 is 2.43 bits per heavy atom. The number of hydroxylamine groups is 2. The maximum atomic E-state index is 14.2. The second-order valence-electron chi connectivity index (χ2n) is 15.5. The van der Waals surface area contributed by atoms with Gasteiger partial charge in [0, 0.05) is 41.4 Å². The Kier molecular flexibility index (Phi) is 11.2. The third-order valence-electron chi connectivity index (χ3n) is 11.9. The summed E-state index contributed by atoms with van der Waals surface area (Å²) in [5.41, 5.74) is 3.36.